The van der Waals surface area contributed by atoms with Gasteiger partial charge in [-0.15, -0.1) is 11.8 Å². The van der Waals surface area contributed by atoms with Gasteiger partial charge in [0.25, 0.3) is 0 Å². The summed E-state index contributed by atoms with van der Waals surface area (Å²) in [5.74, 6) is 0.0313. The summed E-state index contributed by atoms with van der Waals surface area (Å²) in [6.45, 7) is 0. The molecule has 0 saturated carbocycles. The van der Waals surface area contributed by atoms with Gasteiger partial charge in [0.15, 0.2) is 11.5 Å². The van der Waals surface area contributed by atoms with Crippen molar-refractivity contribution in [1.82, 2.24) is 8.75 Å². The topological polar surface area (TPSA) is 64.2 Å². The van der Waals surface area contributed by atoms with Crippen LogP contribution in [0.5, 0.6) is 0 Å². The van der Waals surface area contributed by atoms with Crippen LogP contribution in [0.25, 0.3) is 0 Å². The fourth-order valence-electron chi connectivity index (χ4n) is 1.21. The average molecular weight is 347 g/mol. The van der Waals surface area contributed by atoms with Gasteiger partial charge in [0.1, 0.15) is 10.9 Å². The lowest BCUT2D eigenvalue weighted by Gasteiger charge is -2.01. The van der Waals surface area contributed by atoms with Crippen molar-refractivity contribution in [3.8, 4) is 0 Å². The molecule has 0 spiro atoms. The normalized spacial score (nSPS) is 11.8. The fraction of sp³-hybridized carbons (Fsp3) is 0.100. The first-order valence-electron chi connectivity index (χ1n) is 4.78. The molecule has 94 valence electrons. The first-order valence-corrected chi connectivity index (χ1v) is 7.52. The Balaban J connectivity index is 2.41. The summed E-state index contributed by atoms with van der Waals surface area (Å²) < 4.78 is 21.5. The summed E-state index contributed by atoms with van der Waals surface area (Å²) in [6.07, 6.45) is 1.87. The van der Waals surface area contributed by atoms with Gasteiger partial charge in [0.2, 0.25) is 0 Å². The smallest absolute Gasteiger partial charge is 0.167 e. The minimum absolute atomic E-state index is 0.325. The molecule has 0 atom stereocenters. The number of nitrogens with zero attached hydrogens (tertiary/aromatic N) is 3. The maximum absolute atomic E-state index is 13.1. The second-order valence-electron chi connectivity index (χ2n) is 3.22. The van der Waals surface area contributed by atoms with Gasteiger partial charge < -0.3 is 5.73 Å². The van der Waals surface area contributed by atoms with E-state index in [4.69, 9.17) is 5.73 Å². The molecular weight excluding hydrogens is 339 g/mol. The van der Waals surface area contributed by atoms with Crippen LogP contribution in [0.2, 0.25) is 0 Å². The molecular formula is C10H8BrFN4S2. The molecule has 0 aliphatic rings. The molecule has 0 saturated heterocycles. The van der Waals surface area contributed by atoms with E-state index in [2.05, 4.69) is 29.7 Å². The van der Waals surface area contributed by atoms with Crippen molar-refractivity contribution in [2.24, 2.45) is 4.99 Å². The Bertz CT molecular complexity index is 599. The molecule has 2 N–H and O–H groups in total. The Morgan fingerprint density at radius 3 is 2.83 bits per heavy atom. The number of benzene rings is 1. The van der Waals surface area contributed by atoms with Crippen LogP contribution in [0.3, 0.4) is 0 Å². The number of aromatic nitrogens is 2. The Morgan fingerprint density at radius 2 is 2.28 bits per heavy atom. The highest BCUT2D eigenvalue weighted by Crippen LogP contribution is 2.25. The third-order valence-electron chi connectivity index (χ3n) is 2.04. The van der Waals surface area contributed by atoms with E-state index in [1.54, 1.807) is 12.1 Å². The van der Waals surface area contributed by atoms with E-state index in [-0.39, 0.29) is 5.82 Å². The third-order valence-corrected chi connectivity index (χ3v) is 3.87. The Kier molecular flexibility index (Phi) is 4.31. The molecule has 1 aromatic carbocycles. The predicted molar refractivity (Wildman–Crippen MR) is 78.1 cm³/mol. The monoisotopic (exact) mass is 346 g/mol. The number of rotatable bonds is 2. The zero-order valence-corrected chi connectivity index (χ0v) is 12.4. The molecule has 0 radical (unpaired) electrons. The molecule has 2 aromatic rings. The number of anilines is 1. The van der Waals surface area contributed by atoms with Crippen LogP contribution in [-0.2, 0) is 0 Å². The van der Waals surface area contributed by atoms with Crippen molar-refractivity contribution >= 4 is 56.0 Å². The van der Waals surface area contributed by atoms with E-state index < -0.39 is 0 Å². The van der Waals surface area contributed by atoms with Gasteiger partial charge in [-0.3, -0.25) is 0 Å². The van der Waals surface area contributed by atoms with E-state index in [1.165, 1.54) is 17.8 Å². The molecule has 0 aliphatic carbocycles. The Hall–Kier alpha value is -0.990. The van der Waals surface area contributed by atoms with E-state index in [9.17, 15) is 4.39 Å². The first-order chi connectivity index (χ1) is 8.61. The van der Waals surface area contributed by atoms with Crippen molar-refractivity contribution < 1.29 is 4.39 Å². The highest BCUT2D eigenvalue weighted by atomic mass is 79.9. The summed E-state index contributed by atoms with van der Waals surface area (Å²) in [5, 5.41) is 0.653. The van der Waals surface area contributed by atoms with Gasteiger partial charge in [-0.2, -0.15) is 8.75 Å². The molecule has 0 unspecified atom stereocenters. The lowest BCUT2D eigenvalue weighted by atomic mass is 10.3. The molecule has 18 heavy (non-hydrogen) atoms. The average Bonchev–Trinajstić information content (AvgIpc) is 2.77. The molecule has 0 aliphatic heterocycles. The summed E-state index contributed by atoms with van der Waals surface area (Å²) in [7, 11) is 0. The van der Waals surface area contributed by atoms with Gasteiger partial charge >= 0.3 is 0 Å². The van der Waals surface area contributed by atoms with Gasteiger partial charge in [-0.05, 0) is 40.4 Å². The highest BCUT2D eigenvalue weighted by Gasteiger charge is 2.11. The SMILES string of the molecule is CS/C(=N\c1ccc(F)c(Br)c1)c1nsnc1N. The van der Waals surface area contributed by atoms with Crippen molar-refractivity contribution in [3.63, 3.8) is 0 Å². The Labute approximate surface area is 120 Å². The molecule has 2 rings (SSSR count). The van der Waals surface area contributed by atoms with Crippen LogP contribution in [0.15, 0.2) is 27.7 Å². The Morgan fingerprint density at radius 1 is 1.50 bits per heavy atom. The third kappa shape index (κ3) is 2.88. The van der Waals surface area contributed by atoms with Crippen LogP contribution in [0.1, 0.15) is 5.69 Å². The summed E-state index contributed by atoms with van der Waals surface area (Å²) in [6, 6.07) is 4.54. The van der Waals surface area contributed by atoms with Crippen LogP contribution < -0.4 is 5.73 Å². The zero-order valence-electron chi connectivity index (χ0n) is 9.22. The second-order valence-corrected chi connectivity index (χ2v) is 5.40. The molecule has 1 heterocycles. The summed E-state index contributed by atoms with van der Waals surface area (Å²) in [4.78, 5) is 4.39. The standard InChI is InChI=1S/C10H8BrFN4S2/c1-17-10(8-9(13)16-18-15-8)14-5-2-3-7(12)6(11)4-5/h2-4H,1H3,(H2,13,16)/b14-10-. The summed E-state index contributed by atoms with van der Waals surface area (Å²) >= 11 is 5.57. The number of hydrogen-bond donors (Lipinski definition) is 1. The molecule has 0 fully saturated rings. The quantitative estimate of drug-likeness (QED) is 0.667. The van der Waals surface area contributed by atoms with Crippen LogP contribution in [0.4, 0.5) is 15.9 Å². The molecule has 0 bridgehead atoms. The lowest BCUT2D eigenvalue weighted by Crippen LogP contribution is -2.00. The molecule has 4 nitrogen and oxygen atoms in total. The van der Waals surface area contributed by atoms with Crippen molar-refractivity contribution in [2.75, 3.05) is 12.0 Å². The maximum atomic E-state index is 13.1. The lowest BCUT2D eigenvalue weighted by molar-refractivity contribution is 0.621. The minimum Gasteiger partial charge on any atom is -0.381 e. The number of thioether (sulfide) groups is 1. The minimum atomic E-state index is -0.325. The highest BCUT2D eigenvalue weighted by molar-refractivity contribution is 9.10. The fourth-order valence-corrected chi connectivity index (χ4v) is 2.65. The molecule has 8 heteroatoms. The van der Waals surface area contributed by atoms with Crippen molar-refractivity contribution in [2.45, 2.75) is 0 Å². The zero-order chi connectivity index (χ0) is 13.1. The van der Waals surface area contributed by atoms with E-state index in [1.807, 2.05) is 6.26 Å². The number of hydrogen-bond acceptors (Lipinski definition) is 6. The van der Waals surface area contributed by atoms with Gasteiger partial charge in [0.05, 0.1) is 21.9 Å². The van der Waals surface area contributed by atoms with Gasteiger partial charge in [-0.25, -0.2) is 9.38 Å². The largest absolute Gasteiger partial charge is 0.381 e. The second kappa shape index (κ2) is 5.77. The summed E-state index contributed by atoms with van der Waals surface area (Å²) in [5.41, 5.74) is 6.89. The predicted octanol–water partition coefficient (Wildman–Crippen LogP) is 3.46. The first kappa shape index (κ1) is 13.4. The van der Waals surface area contributed by atoms with Crippen molar-refractivity contribution in [3.05, 3.63) is 34.2 Å². The van der Waals surface area contributed by atoms with Gasteiger partial charge in [0, 0.05) is 0 Å². The molecule has 0 amide bonds. The number of aliphatic imine (C=N–C) groups is 1. The van der Waals surface area contributed by atoms with Crippen LogP contribution in [0, 0.1) is 5.82 Å². The number of nitrogens with two attached hydrogens (primary N) is 1. The van der Waals surface area contributed by atoms with Crippen molar-refractivity contribution in [1.29, 1.82) is 0 Å². The van der Waals surface area contributed by atoms with E-state index in [0.717, 1.165) is 11.7 Å². The number of halogens is 2. The van der Waals surface area contributed by atoms with Crippen LogP contribution >= 0.6 is 39.4 Å². The van der Waals surface area contributed by atoms with E-state index >= 15 is 0 Å². The maximum Gasteiger partial charge on any atom is 0.167 e. The van der Waals surface area contributed by atoms with Crippen LogP contribution in [-0.4, -0.2) is 20.0 Å². The van der Waals surface area contributed by atoms with E-state index in [0.29, 0.717) is 26.7 Å². The van der Waals surface area contributed by atoms with Gasteiger partial charge in [-0.1, -0.05) is 0 Å². The molecule has 1 aromatic heterocycles. The number of nitrogen functional groups attached to an aromatic ring is 1.